The first-order chi connectivity index (χ1) is 18.7. The van der Waals surface area contributed by atoms with E-state index in [-0.39, 0.29) is 11.2 Å². The second kappa shape index (κ2) is 13.6. The monoisotopic (exact) mass is 557 g/mol. The SMILES string of the molecule is C=C1/C(=C\C=C2/CCC[C@]3(C)[C@@H](C(CCCC(C)(C)O)CCC(=O)C(C)(CCC)N=O)CC[C@@H]23)C[C@@H](O)C[C@@H]1O. The highest BCUT2D eigenvalue weighted by atomic mass is 16.3. The Hall–Kier alpha value is -1.63. The van der Waals surface area contributed by atoms with Crippen molar-refractivity contribution in [3.8, 4) is 0 Å². The molecule has 2 unspecified atom stereocenters. The molecule has 0 amide bonds. The first-order valence-electron chi connectivity index (χ1n) is 15.8. The van der Waals surface area contributed by atoms with Gasteiger partial charge in [0.15, 0.2) is 11.3 Å². The van der Waals surface area contributed by atoms with Crippen LogP contribution in [0.4, 0.5) is 0 Å². The molecule has 6 nitrogen and oxygen atoms in total. The summed E-state index contributed by atoms with van der Waals surface area (Å²) >= 11 is 0. The highest BCUT2D eigenvalue weighted by Crippen LogP contribution is 2.60. The largest absolute Gasteiger partial charge is 0.393 e. The number of nitroso groups, excluding NO2 is 1. The molecule has 0 aromatic rings. The van der Waals surface area contributed by atoms with Crippen LogP contribution in [0.25, 0.3) is 0 Å². The van der Waals surface area contributed by atoms with Crippen molar-refractivity contribution in [3.05, 3.63) is 40.4 Å². The van der Waals surface area contributed by atoms with Crippen LogP contribution in [-0.4, -0.2) is 44.5 Å². The van der Waals surface area contributed by atoms with Gasteiger partial charge in [0.2, 0.25) is 0 Å². The fourth-order valence-electron chi connectivity index (χ4n) is 8.17. The topological polar surface area (TPSA) is 107 Å². The Kier molecular flexibility index (Phi) is 11.1. The molecule has 0 aliphatic heterocycles. The molecular formula is C34H55NO5. The van der Waals surface area contributed by atoms with Gasteiger partial charge in [-0.15, -0.1) is 4.91 Å². The van der Waals surface area contributed by atoms with Crippen molar-refractivity contribution in [3.63, 3.8) is 0 Å². The van der Waals surface area contributed by atoms with Gasteiger partial charge >= 0.3 is 0 Å². The van der Waals surface area contributed by atoms with Gasteiger partial charge in [-0.2, -0.15) is 0 Å². The molecule has 3 rings (SSSR count). The summed E-state index contributed by atoms with van der Waals surface area (Å²) in [7, 11) is 0. The van der Waals surface area contributed by atoms with Crippen molar-refractivity contribution in [2.24, 2.45) is 28.3 Å². The number of carbonyl (C=O) groups excluding carboxylic acids is 1. The molecule has 6 heteroatoms. The van der Waals surface area contributed by atoms with Gasteiger partial charge in [-0.1, -0.05) is 62.6 Å². The van der Waals surface area contributed by atoms with E-state index in [2.05, 4.69) is 30.8 Å². The molecule has 3 aliphatic carbocycles. The molecule has 3 saturated carbocycles. The van der Waals surface area contributed by atoms with Crippen molar-refractivity contribution >= 4 is 5.78 Å². The molecule has 0 aromatic carbocycles. The van der Waals surface area contributed by atoms with Crippen molar-refractivity contribution in [2.75, 3.05) is 0 Å². The molecule has 3 aliphatic rings. The summed E-state index contributed by atoms with van der Waals surface area (Å²) in [6, 6.07) is 0. The van der Waals surface area contributed by atoms with Crippen molar-refractivity contribution in [1.29, 1.82) is 0 Å². The number of allylic oxidation sites excluding steroid dienone is 3. The number of Topliss-reactive ketones (excluding diaryl/α,β-unsaturated/α-hetero) is 1. The lowest BCUT2D eigenvalue weighted by Gasteiger charge is -2.45. The zero-order valence-electron chi connectivity index (χ0n) is 25.8. The van der Waals surface area contributed by atoms with Crippen LogP contribution in [-0.2, 0) is 4.79 Å². The average Bonchev–Trinajstić information content (AvgIpc) is 3.23. The van der Waals surface area contributed by atoms with Crippen LogP contribution in [0.5, 0.6) is 0 Å². The van der Waals surface area contributed by atoms with E-state index in [9.17, 15) is 25.0 Å². The van der Waals surface area contributed by atoms with Gasteiger partial charge in [-0.05, 0) is 113 Å². The molecule has 226 valence electrons. The maximum Gasteiger partial charge on any atom is 0.163 e. The van der Waals surface area contributed by atoms with E-state index in [1.165, 1.54) is 12.0 Å². The van der Waals surface area contributed by atoms with Gasteiger partial charge in [-0.3, -0.25) is 4.79 Å². The summed E-state index contributed by atoms with van der Waals surface area (Å²) in [5.41, 5.74) is 1.43. The highest BCUT2D eigenvalue weighted by Gasteiger charge is 2.51. The van der Waals surface area contributed by atoms with Crippen LogP contribution in [0.1, 0.15) is 125 Å². The molecule has 3 N–H and O–H groups in total. The lowest BCUT2D eigenvalue weighted by molar-refractivity contribution is -0.124. The molecule has 40 heavy (non-hydrogen) atoms. The molecule has 7 atom stereocenters. The number of rotatable bonds is 13. The van der Waals surface area contributed by atoms with Gasteiger partial charge in [0, 0.05) is 12.8 Å². The van der Waals surface area contributed by atoms with E-state index in [0.29, 0.717) is 43.4 Å². The molecule has 0 spiro atoms. The summed E-state index contributed by atoms with van der Waals surface area (Å²) < 4.78 is 0. The summed E-state index contributed by atoms with van der Waals surface area (Å²) in [6.45, 7) is 13.9. The van der Waals surface area contributed by atoms with Crippen LogP contribution in [0, 0.1) is 28.1 Å². The Morgan fingerprint density at radius 1 is 1.18 bits per heavy atom. The number of aliphatic hydroxyl groups is 3. The predicted octanol–water partition coefficient (Wildman–Crippen LogP) is 7.36. The zero-order valence-corrected chi connectivity index (χ0v) is 25.8. The number of hydrogen-bond donors (Lipinski definition) is 3. The highest BCUT2D eigenvalue weighted by molar-refractivity contribution is 5.88. The van der Waals surface area contributed by atoms with Gasteiger partial charge in [-0.25, -0.2) is 0 Å². The van der Waals surface area contributed by atoms with Gasteiger partial charge in [0.05, 0.1) is 17.8 Å². The number of fused-ring (bicyclic) bond motifs is 1. The minimum absolute atomic E-state index is 0.0375. The number of ketones is 1. The minimum atomic E-state index is -1.13. The molecule has 0 radical (unpaired) electrons. The first kappa shape index (κ1) is 32.9. The maximum absolute atomic E-state index is 13.2. The minimum Gasteiger partial charge on any atom is -0.393 e. The average molecular weight is 558 g/mol. The van der Waals surface area contributed by atoms with Crippen LogP contribution in [0.3, 0.4) is 0 Å². The number of carbonyl (C=O) groups is 1. The molecule has 0 aromatic heterocycles. The van der Waals surface area contributed by atoms with E-state index in [1.54, 1.807) is 6.92 Å². The second-order valence-corrected chi connectivity index (χ2v) is 14.2. The van der Waals surface area contributed by atoms with Crippen LogP contribution >= 0.6 is 0 Å². The molecule has 0 saturated heterocycles. The first-order valence-corrected chi connectivity index (χ1v) is 15.8. The van der Waals surface area contributed by atoms with E-state index in [0.717, 1.165) is 68.9 Å². The molecular weight excluding hydrogens is 502 g/mol. The van der Waals surface area contributed by atoms with Crippen molar-refractivity contribution < 1.29 is 20.1 Å². The standard InChI is InChI=1S/C34H55NO5/c1-7-18-34(6,35-40)31(38)17-14-25(10-8-19-32(3,4)39)29-16-15-28-24(11-9-20-33(28,29)5)12-13-26-21-27(36)22-30(37)23(26)2/h12-13,25,27-30,36-37,39H,2,7-11,14-22H2,1,3-6H3/b24-12+,26-13-/t25?,27-,28+,29-,30+,33+,34?/m1/s1. The Balaban J connectivity index is 1.81. The maximum atomic E-state index is 13.2. The van der Waals surface area contributed by atoms with E-state index < -0.39 is 23.3 Å². The van der Waals surface area contributed by atoms with Crippen molar-refractivity contribution in [1.82, 2.24) is 0 Å². The lowest BCUT2D eigenvalue weighted by atomic mass is 9.60. The second-order valence-electron chi connectivity index (χ2n) is 14.2. The summed E-state index contributed by atoms with van der Waals surface area (Å²) in [4.78, 5) is 24.8. The third-order valence-corrected chi connectivity index (χ3v) is 10.5. The molecule has 3 fully saturated rings. The molecule has 0 heterocycles. The summed E-state index contributed by atoms with van der Waals surface area (Å²) in [6.07, 6.45) is 14.6. The van der Waals surface area contributed by atoms with Gasteiger partial charge in [0.25, 0.3) is 0 Å². The third kappa shape index (κ3) is 7.80. The predicted molar refractivity (Wildman–Crippen MR) is 162 cm³/mol. The number of nitrogens with zero attached hydrogens (tertiary/aromatic N) is 1. The Morgan fingerprint density at radius 2 is 1.90 bits per heavy atom. The number of aliphatic hydroxyl groups excluding tert-OH is 2. The third-order valence-electron chi connectivity index (χ3n) is 10.5. The van der Waals surface area contributed by atoms with E-state index >= 15 is 0 Å². The smallest absolute Gasteiger partial charge is 0.163 e. The molecule has 0 bridgehead atoms. The zero-order chi connectivity index (χ0) is 29.7. The Bertz CT molecular complexity index is 977. The van der Waals surface area contributed by atoms with Crippen LogP contribution in [0.2, 0.25) is 0 Å². The number of hydrogen-bond acceptors (Lipinski definition) is 6. The van der Waals surface area contributed by atoms with E-state index in [4.69, 9.17) is 0 Å². The fraction of sp³-hybridized carbons (Fsp3) is 0.794. The summed E-state index contributed by atoms with van der Waals surface area (Å²) in [5.74, 6) is 1.28. The van der Waals surface area contributed by atoms with Gasteiger partial charge < -0.3 is 15.3 Å². The van der Waals surface area contributed by atoms with E-state index in [1.807, 2.05) is 20.8 Å². The fourth-order valence-corrected chi connectivity index (χ4v) is 8.17. The van der Waals surface area contributed by atoms with Crippen LogP contribution in [0.15, 0.2) is 40.6 Å². The van der Waals surface area contributed by atoms with Crippen LogP contribution < -0.4 is 0 Å². The van der Waals surface area contributed by atoms with Crippen molar-refractivity contribution in [2.45, 2.75) is 148 Å². The quantitative estimate of drug-likeness (QED) is 0.205. The normalized spacial score (nSPS) is 33.5. The summed E-state index contributed by atoms with van der Waals surface area (Å²) in [5, 5.41) is 34.0. The lowest BCUT2D eigenvalue weighted by Crippen LogP contribution is -2.38. The Morgan fingerprint density at radius 3 is 2.55 bits per heavy atom. The van der Waals surface area contributed by atoms with Gasteiger partial charge in [0.1, 0.15) is 0 Å². The Labute approximate surface area is 242 Å².